The molecule has 1 aromatic carbocycles. The van der Waals surface area contributed by atoms with Crippen LogP contribution in [0.3, 0.4) is 0 Å². The zero-order valence-electron chi connectivity index (χ0n) is 12.9. The van der Waals surface area contributed by atoms with Gasteiger partial charge in [0.25, 0.3) is 0 Å². The predicted octanol–water partition coefficient (Wildman–Crippen LogP) is 2.83. The Bertz CT molecular complexity index is 1060. The van der Waals surface area contributed by atoms with Gasteiger partial charge in [0, 0.05) is 17.3 Å². The zero-order valence-corrected chi connectivity index (χ0v) is 12.9. The highest BCUT2D eigenvalue weighted by Crippen LogP contribution is 2.21. The van der Waals surface area contributed by atoms with Crippen LogP contribution in [-0.4, -0.2) is 30.7 Å². The minimum Gasteiger partial charge on any atom is -0.476 e. The summed E-state index contributed by atoms with van der Waals surface area (Å²) < 4.78 is 2.04. The number of H-pyrrole nitrogens is 1. The summed E-state index contributed by atoms with van der Waals surface area (Å²) >= 11 is 0. The number of aryl methyl sites for hydroxylation is 1. The van der Waals surface area contributed by atoms with Gasteiger partial charge in [-0.15, -0.1) is 0 Å². The minimum absolute atomic E-state index is 0.0269. The summed E-state index contributed by atoms with van der Waals surface area (Å²) in [6.45, 7) is 2.62. The number of hydrogen-bond acceptors (Lipinski definition) is 4. The standard InChI is InChI=1S/C17H15N5O2/c1-10-2-5-15-19-8-12(22(15)9-10)7-18-11-3-4-14-13(6-11)16(17(23)24)21-20-14/h2-6,8-9,18H,7H2,1H3,(H,20,21)(H,23,24). The first-order valence-electron chi connectivity index (χ1n) is 7.50. The fraction of sp³-hybridized carbons (Fsp3) is 0.118. The number of carboxylic acid groups (broad SMARTS) is 1. The number of anilines is 1. The van der Waals surface area contributed by atoms with Crippen LogP contribution in [0.25, 0.3) is 16.6 Å². The molecule has 0 aliphatic rings. The number of benzene rings is 1. The molecule has 0 radical (unpaired) electrons. The highest BCUT2D eigenvalue weighted by atomic mass is 16.4. The largest absolute Gasteiger partial charge is 0.476 e. The van der Waals surface area contributed by atoms with E-state index in [0.717, 1.165) is 22.6 Å². The lowest BCUT2D eigenvalue weighted by atomic mass is 10.2. The number of fused-ring (bicyclic) bond motifs is 2. The molecule has 0 atom stereocenters. The van der Waals surface area contributed by atoms with Gasteiger partial charge < -0.3 is 14.8 Å². The van der Waals surface area contributed by atoms with E-state index in [1.807, 2.05) is 48.0 Å². The van der Waals surface area contributed by atoms with Crippen molar-refractivity contribution >= 4 is 28.2 Å². The number of carbonyl (C=O) groups is 1. The van der Waals surface area contributed by atoms with Crippen molar-refractivity contribution in [3.63, 3.8) is 0 Å². The topological polar surface area (TPSA) is 95.3 Å². The maximum atomic E-state index is 11.2. The van der Waals surface area contributed by atoms with Gasteiger partial charge in [-0.2, -0.15) is 5.10 Å². The Hall–Kier alpha value is -3.35. The van der Waals surface area contributed by atoms with Crippen LogP contribution in [0, 0.1) is 6.92 Å². The zero-order chi connectivity index (χ0) is 16.7. The van der Waals surface area contributed by atoms with Crippen molar-refractivity contribution in [1.29, 1.82) is 0 Å². The Morgan fingerprint density at radius 2 is 2.21 bits per heavy atom. The van der Waals surface area contributed by atoms with Crippen molar-refractivity contribution in [3.05, 3.63) is 59.7 Å². The van der Waals surface area contributed by atoms with Gasteiger partial charge in [-0.1, -0.05) is 6.07 Å². The minimum atomic E-state index is -1.05. The highest BCUT2D eigenvalue weighted by Gasteiger charge is 2.13. The van der Waals surface area contributed by atoms with E-state index < -0.39 is 5.97 Å². The molecular weight excluding hydrogens is 306 g/mol. The lowest BCUT2D eigenvalue weighted by molar-refractivity contribution is 0.0692. The molecule has 3 heterocycles. The number of rotatable bonds is 4. The van der Waals surface area contributed by atoms with E-state index in [9.17, 15) is 9.90 Å². The molecule has 0 amide bonds. The molecule has 0 saturated carbocycles. The molecule has 0 unspecified atom stereocenters. The third-order valence-electron chi connectivity index (χ3n) is 3.97. The van der Waals surface area contributed by atoms with Crippen LogP contribution in [0.1, 0.15) is 21.7 Å². The molecule has 4 aromatic rings. The van der Waals surface area contributed by atoms with Crippen molar-refractivity contribution in [2.45, 2.75) is 13.5 Å². The lowest BCUT2D eigenvalue weighted by Gasteiger charge is -2.07. The molecule has 0 spiro atoms. The SMILES string of the molecule is Cc1ccc2ncc(CNc3ccc4[nH]nc(C(=O)O)c4c3)n2c1. The maximum Gasteiger partial charge on any atom is 0.357 e. The van der Waals surface area contributed by atoms with Crippen molar-refractivity contribution < 1.29 is 9.90 Å². The van der Waals surface area contributed by atoms with Crippen LogP contribution in [0.15, 0.2) is 42.7 Å². The number of aromatic amines is 1. The Kier molecular flexibility index (Phi) is 3.19. The molecule has 7 nitrogen and oxygen atoms in total. The van der Waals surface area contributed by atoms with Crippen molar-refractivity contribution in [1.82, 2.24) is 19.6 Å². The highest BCUT2D eigenvalue weighted by molar-refractivity contribution is 6.01. The summed E-state index contributed by atoms with van der Waals surface area (Å²) in [5, 5.41) is 19.6. The molecule has 4 rings (SSSR count). The third-order valence-corrected chi connectivity index (χ3v) is 3.97. The van der Waals surface area contributed by atoms with E-state index in [-0.39, 0.29) is 5.69 Å². The smallest absolute Gasteiger partial charge is 0.357 e. The fourth-order valence-electron chi connectivity index (χ4n) is 2.75. The summed E-state index contributed by atoms with van der Waals surface area (Å²) in [4.78, 5) is 15.6. The van der Waals surface area contributed by atoms with Crippen LogP contribution in [0.2, 0.25) is 0 Å². The van der Waals surface area contributed by atoms with E-state index >= 15 is 0 Å². The van der Waals surface area contributed by atoms with Gasteiger partial charge in [-0.3, -0.25) is 5.10 Å². The number of carboxylic acids is 1. The van der Waals surface area contributed by atoms with Crippen molar-refractivity contribution in [3.8, 4) is 0 Å². The second-order valence-corrected chi connectivity index (χ2v) is 5.68. The van der Waals surface area contributed by atoms with Crippen molar-refractivity contribution in [2.24, 2.45) is 0 Å². The van der Waals surface area contributed by atoms with E-state index in [4.69, 9.17) is 0 Å². The normalized spacial score (nSPS) is 11.2. The van der Waals surface area contributed by atoms with E-state index in [2.05, 4.69) is 20.5 Å². The fourth-order valence-corrected chi connectivity index (χ4v) is 2.75. The first-order valence-corrected chi connectivity index (χ1v) is 7.50. The van der Waals surface area contributed by atoms with E-state index in [0.29, 0.717) is 17.4 Å². The monoisotopic (exact) mass is 321 g/mol. The average Bonchev–Trinajstić information content (AvgIpc) is 3.16. The molecule has 0 saturated heterocycles. The average molecular weight is 321 g/mol. The molecule has 3 aromatic heterocycles. The second kappa shape index (κ2) is 5.38. The lowest BCUT2D eigenvalue weighted by Crippen LogP contribution is -2.03. The van der Waals surface area contributed by atoms with Gasteiger partial charge in [-0.05, 0) is 36.8 Å². The summed E-state index contributed by atoms with van der Waals surface area (Å²) in [7, 11) is 0. The summed E-state index contributed by atoms with van der Waals surface area (Å²) in [5.41, 5.74) is 4.64. The van der Waals surface area contributed by atoms with Gasteiger partial charge in [0.1, 0.15) is 5.65 Å². The number of imidazole rings is 1. The summed E-state index contributed by atoms with van der Waals surface area (Å²) in [6, 6.07) is 9.50. The van der Waals surface area contributed by atoms with Crippen LogP contribution in [0.5, 0.6) is 0 Å². The number of aromatic carboxylic acids is 1. The van der Waals surface area contributed by atoms with E-state index in [1.54, 1.807) is 6.07 Å². The summed E-state index contributed by atoms with van der Waals surface area (Å²) in [5.74, 6) is -1.05. The second-order valence-electron chi connectivity index (χ2n) is 5.68. The first-order chi connectivity index (χ1) is 11.6. The molecule has 0 aliphatic heterocycles. The molecule has 3 N–H and O–H groups in total. The number of nitrogens with one attached hydrogen (secondary N) is 2. The Morgan fingerprint density at radius 3 is 3.04 bits per heavy atom. The number of nitrogens with zero attached hydrogens (tertiary/aromatic N) is 3. The van der Waals surface area contributed by atoms with Gasteiger partial charge in [0.2, 0.25) is 0 Å². The van der Waals surface area contributed by atoms with Crippen LogP contribution in [-0.2, 0) is 6.54 Å². The van der Waals surface area contributed by atoms with E-state index in [1.165, 1.54) is 0 Å². The molecule has 0 aliphatic carbocycles. The van der Waals surface area contributed by atoms with Gasteiger partial charge in [-0.25, -0.2) is 9.78 Å². The molecule has 24 heavy (non-hydrogen) atoms. The molecule has 7 heteroatoms. The number of pyridine rings is 1. The van der Waals surface area contributed by atoms with Crippen molar-refractivity contribution in [2.75, 3.05) is 5.32 Å². The van der Waals surface area contributed by atoms with Gasteiger partial charge in [0.05, 0.1) is 24.0 Å². The molecular formula is C17H15N5O2. The van der Waals surface area contributed by atoms with Crippen LogP contribution in [0.4, 0.5) is 5.69 Å². The quantitative estimate of drug-likeness (QED) is 0.537. The number of aromatic nitrogens is 4. The van der Waals surface area contributed by atoms with Gasteiger partial charge >= 0.3 is 5.97 Å². The Labute approximate surface area is 137 Å². The Morgan fingerprint density at radius 1 is 1.33 bits per heavy atom. The third kappa shape index (κ3) is 2.36. The molecule has 0 fully saturated rings. The van der Waals surface area contributed by atoms with Gasteiger partial charge in [0.15, 0.2) is 5.69 Å². The maximum absolute atomic E-state index is 11.2. The number of hydrogen-bond donors (Lipinski definition) is 3. The predicted molar refractivity (Wildman–Crippen MR) is 90.3 cm³/mol. The summed E-state index contributed by atoms with van der Waals surface area (Å²) in [6.07, 6.45) is 3.88. The molecule has 120 valence electrons. The van der Waals surface area contributed by atoms with Crippen LogP contribution < -0.4 is 5.32 Å². The van der Waals surface area contributed by atoms with Crippen LogP contribution >= 0.6 is 0 Å². The first kappa shape index (κ1) is 14.3. The Balaban J connectivity index is 1.63. The molecule has 0 bridgehead atoms.